The van der Waals surface area contributed by atoms with E-state index in [-0.39, 0.29) is 5.75 Å². The Hall–Kier alpha value is -2.70. The molecule has 2 heterocycles. The maximum Gasteiger partial charge on any atom is 0.194 e. The van der Waals surface area contributed by atoms with Crippen LogP contribution in [0, 0.1) is 0 Å². The molecule has 1 aromatic heterocycles. The van der Waals surface area contributed by atoms with Gasteiger partial charge in [-0.1, -0.05) is 0 Å². The van der Waals surface area contributed by atoms with Gasteiger partial charge in [0.2, 0.25) is 0 Å². The first-order valence-corrected chi connectivity index (χ1v) is 8.98. The maximum atomic E-state index is 10.1. The van der Waals surface area contributed by atoms with Gasteiger partial charge in [0.25, 0.3) is 0 Å². The van der Waals surface area contributed by atoms with Gasteiger partial charge in [-0.05, 0) is 37.1 Å². The van der Waals surface area contributed by atoms with Crippen molar-refractivity contribution < 1.29 is 9.84 Å². The fourth-order valence-corrected chi connectivity index (χ4v) is 3.28. The van der Waals surface area contributed by atoms with Crippen molar-refractivity contribution in [3.8, 4) is 11.5 Å². The van der Waals surface area contributed by atoms with Gasteiger partial charge in [-0.2, -0.15) is 5.10 Å². The summed E-state index contributed by atoms with van der Waals surface area (Å²) in [5, 5.41) is 17.7. The molecule has 1 saturated heterocycles. The van der Waals surface area contributed by atoms with Crippen LogP contribution in [0.5, 0.6) is 11.5 Å². The molecule has 1 aliphatic rings. The number of phenolic OH excluding ortho intramolecular Hbond substituents is 1. The van der Waals surface area contributed by atoms with E-state index in [1.165, 1.54) is 5.56 Å². The van der Waals surface area contributed by atoms with Gasteiger partial charge in [-0.3, -0.25) is 4.68 Å². The van der Waals surface area contributed by atoms with Gasteiger partial charge in [0.05, 0.1) is 19.9 Å². The van der Waals surface area contributed by atoms with Gasteiger partial charge >= 0.3 is 0 Å². The lowest BCUT2D eigenvalue weighted by molar-refractivity contribution is 0.410. The number of phenols is 1. The van der Waals surface area contributed by atoms with Gasteiger partial charge in [0.15, 0.2) is 5.96 Å². The Kier molecular flexibility index (Phi) is 5.65. The van der Waals surface area contributed by atoms with Gasteiger partial charge in [0.1, 0.15) is 11.5 Å². The summed E-state index contributed by atoms with van der Waals surface area (Å²) in [6.45, 7) is 5.14. The molecule has 0 saturated carbocycles. The summed E-state index contributed by atoms with van der Waals surface area (Å²) < 4.78 is 7.09. The number of nitrogens with zero attached hydrogens (tertiary/aromatic N) is 4. The number of guanidine groups is 1. The van der Waals surface area contributed by atoms with E-state index < -0.39 is 0 Å². The predicted octanol–water partition coefficient (Wildman–Crippen LogP) is 2.09. The van der Waals surface area contributed by atoms with E-state index in [4.69, 9.17) is 9.73 Å². The van der Waals surface area contributed by atoms with Gasteiger partial charge in [-0.15, -0.1) is 0 Å². The van der Waals surface area contributed by atoms with E-state index >= 15 is 0 Å². The number of methoxy groups -OCH3 is 1. The van der Waals surface area contributed by atoms with E-state index in [2.05, 4.69) is 28.4 Å². The number of aryl methyl sites for hydroxylation is 1. The predicted molar refractivity (Wildman–Crippen MR) is 102 cm³/mol. The van der Waals surface area contributed by atoms with Gasteiger partial charge < -0.3 is 20.1 Å². The van der Waals surface area contributed by atoms with Crippen LogP contribution in [0.1, 0.15) is 30.4 Å². The highest BCUT2D eigenvalue weighted by Gasteiger charge is 2.26. The Bertz CT molecular complexity index is 771. The summed E-state index contributed by atoms with van der Waals surface area (Å²) in [6.07, 6.45) is 5.12. The first-order valence-electron chi connectivity index (χ1n) is 8.98. The molecule has 7 nitrogen and oxygen atoms in total. The smallest absolute Gasteiger partial charge is 0.194 e. The number of aromatic hydroxyl groups is 1. The van der Waals surface area contributed by atoms with Crippen molar-refractivity contribution >= 4 is 5.96 Å². The number of benzene rings is 1. The Morgan fingerprint density at radius 3 is 3.00 bits per heavy atom. The molecular formula is C19H27N5O2. The monoisotopic (exact) mass is 357 g/mol. The van der Waals surface area contributed by atoms with Crippen molar-refractivity contribution in [3.63, 3.8) is 0 Å². The van der Waals surface area contributed by atoms with Crippen LogP contribution in [0.25, 0.3) is 0 Å². The SMILES string of the molecule is CCNC(=NCc1cc(OC)ccc1O)N1CCC(c2cnn(C)c2)C1. The molecule has 0 bridgehead atoms. The van der Waals surface area contributed by atoms with Crippen LogP contribution in [0.2, 0.25) is 0 Å². The highest BCUT2D eigenvalue weighted by atomic mass is 16.5. The molecule has 1 aromatic carbocycles. The second-order valence-electron chi connectivity index (χ2n) is 6.54. The van der Waals surface area contributed by atoms with Crippen LogP contribution >= 0.6 is 0 Å². The number of ether oxygens (including phenoxy) is 1. The van der Waals surface area contributed by atoms with Crippen LogP contribution < -0.4 is 10.1 Å². The summed E-state index contributed by atoms with van der Waals surface area (Å²) in [7, 11) is 3.56. The molecule has 1 unspecified atom stereocenters. The number of aromatic nitrogens is 2. The van der Waals surface area contributed by atoms with Crippen LogP contribution in [-0.2, 0) is 13.6 Å². The summed E-state index contributed by atoms with van der Waals surface area (Å²) in [5.41, 5.74) is 2.03. The number of nitrogens with one attached hydrogen (secondary N) is 1. The third-order valence-electron chi connectivity index (χ3n) is 4.70. The molecule has 1 fully saturated rings. The lowest BCUT2D eigenvalue weighted by atomic mass is 10.0. The largest absolute Gasteiger partial charge is 0.508 e. The van der Waals surface area contributed by atoms with Crippen molar-refractivity contribution in [1.29, 1.82) is 0 Å². The Morgan fingerprint density at radius 2 is 2.31 bits per heavy atom. The number of aliphatic imine (C=N–C) groups is 1. The van der Waals surface area contributed by atoms with Crippen molar-refractivity contribution in [2.75, 3.05) is 26.7 Å². The second-order valence-corrected chi connectivity index (χ2v) is 6.54. The fourth-order valence-electron chi connectivity index (χ4n) is 3.28. The van der Waals surface area contributed by atoms with Crippen LogP contribution in [-0.4, -0.2) is 52.5 Å². The normalized spacial score (nSPS) is 17.6. The number of likely N-dealkylation sites (tertiary alicyclic amines) is 1. The molecule has 26 heavy (non-hydrogen) atoms. The Labute approximate surface area is 154 Å². The van der Waals surface area contributed by atoms with Crippen LogP contribution in [0.3, 0.4) is 0 Å². The molecule has 0 radical (unpaired) electrons. The van der Waals surface area contributed by atoms with E-state index in [9.17, 15) is 5.11 Å². The molecule has 0 amide bonds. The fraction of sp³-hybridized carbons (Fsp3) is 0.474. The summed E-state index contributed by atoms with van der Waals surface area (Å²) in [4.78, 5) is 7.01. The van der Waals surface area contributed by atoms with Gasteiger partial charge in [0, 0.05) is 44.4 Å². The highest BCUT2D eigenvalue weighted by Crippen LogP contribution is 2.27. The molecule has 0 spiro atoms. The van der Waals surface area contributed by atoms with E-state index in [0.717, 1.165) is 43.3 Å². The van der Waals surface area contributed by atoms with Crippen molar-refractivity contribution in [3.05, 3.63) is 41.7 Å². The molecular weight excluding hydrogens is 330 g/mol. The average Bonchev–Trinajstić information content (AvgIpc) is 3.29. The third kappa shape index (κ3) is 4.09. The van der Waals surface area contributed by atoms with E-state index in [0.29, 0.717) is 12.5 Å². The van der Waals surface area contributed by atoms with Crippen LogP contribution in [0.4, 0.5) is 0 Å². The maximum absolute atomic E-state index is 10.1. The first kappa shape index (κ1) is 18.1. The van der Waals surface area contributed by atoms with Crippen molar-refractivity contribution in [2.24, 2.45) is 12.0 Å². The van der Waals surface area contributed by atoms with Crippen molar-refractivity contribution in [1.82, 2.24) is 20.0 Å². The summed E-state index contributed by atoms with van der Waals surface area (Å²) >= 11 is 0. The van der Waals surface area contributed by atoms with Crippen molar-refractivity contribution in [2.45, 2.75) is 25.8 Å². The quantitative estimate of drug-likeness (QED) is 0.633. The lowest BCUT2D eigenvalue weighted by Gasteiger charge is -2.21. The zero-order valence-corrected chi connectivity index (χ0v) is 15.6. The Balaban J connectivity index is 1.72. The molecule has 3 rings (SSSR count). The minimum atomic E-state index is 0.236. The first-order chi connectivity index (χ1) is 12.6. The molecule has 1 atom stereocenters. The van der Waals surface area contributed by atoms with Crippen LogP contribution in [0.15, 0.2) is 35.6 Å². The molecule has 7 heteroatoms. The molecule has 2 aromatic rings. The highest BCUT2D eigenvalue weighted by molar-refractivity contribution is 5.80. The third-order valence-corrected chi connectivity index (χ3v) is 4.70. The minimum absolute atomic E-state index is 0.236. The zero-order valence-electron chi connectivity index (χ0n) is 15.6. The molecule has 0 aliphatic carbocycles. The summed E-state index contributed by atoms with van der Waals surface area (Å²) in [6, 6.07) is 5.21. The number of rotatable bonds is 5. The van der Waals surface area contributed by atoms with E-state index in [1.54, 1.807) is 19.2 Å². The zero-order chi connectivity index (χ0) is 18.5. The minimum Gasteiger partial charge on any atom is -0.508 e. The lowest BCUT2D eigenvalue weighted by Crippen LogP contribution is -2.40. The Morgan fingerprint density at radius 1 is 1.46 bits per heavy atom. The topological polar surface area (TPSA) is 74.9 Å². The van der Waals surface area contributed by atoms with E-state index in [1.807, 2.05) is 24.0 Å². The number of hydrogen-bond acceptors (Lipinski definition) is 4. The average molecular weight is 357 g/mol. The second kappa shape index (κ2) is 8.12. The molecule has 1 aliphatic heterocycles. The standard InChI is InChI=1S/C19H27N5O2/c1-4-20-19(21-10-15-9-17(26-3)5-6-18(15)25)24-8-7-14(13-24)16-11-22-23(2)12-16/h5-6,9,11-12,14,25H,4,7-8,10,13H2,1-3H3,(H,20,21). The van der Waals surface area contributed by atoms with Gasteiger partial charge in [-0.25, -0.2) is 4.99 Å². The number of hydrogen-bond donors (Lipinski definition) is 2. The molecule has 2 N–H and O–H groups in total. The summed E-state index contributed by atoms with van der Waals surface area (Å²) in [5.74, 6) is 2.30. The molecule has 140 valence electrons.